The van der Waals surface area contributed by atoms with Crippen LogP contribution in [0.5, 0.6) is 0 Å². The molecular formula is C18H40ClNO10P4. The summed E-state index contributed by atoms with van der Waals surface area (Å²) in [6.07, 6.45) is -0.805. The number of nitrogens with one attached hydrogen (secondary N) is 1. The maximum atomic E-state index is 13.1. The van der Waals surface area contributed by atoms with E-state index in [1.165, 1.54) is 13.8 Å². The Morgan fingerprint density at radius 1 is 1.00 bits per heavy atom. The zero-order valence-electron chi connectivity index (χ0n) is 21.4. The first-order valence-electron chi connectivity index (χ1n) is 11.5. The largest absolute Gasteiger partial charge is 0.382 e. The van der Waals surface area contributed by atoms with Crippen LogP contribution in [0.4, 0.5) is 0 Å². The maximum Gasteiger partial charge on any atom is 0.356 e. The molecule has 0 aromatic carbocycles. The molecule has 0 radical (unpaired) electrons. The van der Waals surface area contributed by atoms with Crippen LogP contribution in [0, 0.1) is 0 Å². The van der Waals surface area contributed by atoms with E-state index in [0.29, 0.717) is 0 Å². The van der Waals surface area contributed by atoms with Crippen molar-refractivity contribution in [3.8, 4) is 0 Å². The van der Waals surface area contributed by atoms with E-state index in [1.54, 1.807) is 20.8 Å². The fraction of sp³-hybridized carbons (Fsp3) is 1.00. The summed E-state index contributed by atoms with van der Waals surface area (Å²) >= 11 is 5.88. The second kappa shape index (κ2) is 16.1. The quantitative estimate of drug-likeness (QED) is 0.187. The molecule has 11 nitrogen and oxygen atoms in total. The third kappa shape index (κ3) is 14.7. The van der Waals surface area contributed by atoms with E-state index in [9.17, 15) is 13.7 Å². The van der Waals surface area contributed by atoms with Gasteiger partial charge in [0.05, 0.1) is 45.8 Å². The Morgan fingerprint density at radius 3 is 2.09 bits per heavy atom. The van der Waals surface area contributed by atoms with E-state index in [4.69, 9.17) is 44.9 Å². The second-order valence-corrected chi connectivity index (χ2v) is 15.8. The average molecular weight is 592 g/mol. The lowest BCUT2D eigenvalue weighted by atomic mass is 9.94. The lowest BCUT2D eigenvalue weighted by molar-refractivity contribution is 0.0421. The minimum Gasteiger partial charge on any atom is -0.382 e. The Hall–Kier alpha value is 1.09. The van der Waals surface area contributed by atoms with E-state index < -0.39 is 52.8 Å². The zero-order valence-corrected chi connectivity index (χ0v) is 25.0. The molecule has 1 aliphatic carbocycles. The van der Waals surface area contributed by atoms with Crippen LogP contribution in [0.15, 0.2) is 0 Å². The summed E-state index contributed by atoms with van der Waals surface area (Å²) in [7, 11) is -3.34. The van der Waals surface area contributed by atoms with Crippen molar-refractivity contribution in [3.05, 3.63) is 0 Å². The Balaban J connectivity index is 2.48. The Morgan fingerprint density at radius 2 is 1.56 bits per heavy atom. The van der Waals surface area contributed by atoms with E-state index in [1.807, 2.05) is 9.24 Å². The van der Waals surface area contributed by atoms with Gasteiger partial charge in [0.25, 0.3) is 7.52 Å². The monoisotopic (exact) mass is 591 g/mol. The van der Waals surface area contributed by atoms with Crippen molar-refractivity contribution in [2.45, 2.75) is 64.4 Å². The van der Waals surface area contributed by atoms with Crippen molar-refractivity contribution < 1.29 is 47.4 Å². The highest BCUT2D eigenvalue weighted by molar-refractivity contribution is 7.85. The van der Waals surface area contributed by atoms with Crippen LogP contribution in [-0.2, 0) is 46.0 Å². The smallest absolute Gasteiger partial charge is 0.356 e. The third-order valence-electron chi connectivity index (χ3n) is 4.40. The molecule has 1 fully saturated rings. The fourth-order valence-electron chi connectivity index (χ4n) is 2.98. The predicted molar refractivity (Wildman–Crippen MR) is 136 cm³/mol. The van der Waals surface area contributed by atoms with Gasteiger partial charge in [-0.2, -0.15) is 0 Å². The third-order valence-corrected chi connectivity index (χ3v) is 9.69. The topological polar surface area (TPSA) is 128 Å². The van der Waals surface area contributed by atoms with E-state index in [2.05, 4.69) is 5.09 Å². The van der Waals surface area contributed by atoms with Gasteiger partial charge in [0.1, 0.15) is 12.7 Å². The second-order valence-electron chi connectivity index (χ2n) is 8.25. The minimum atomic E-state index is -3.87. The van der Waals surface area contributed by atoms with Crippen molar-refractivity contribution in [2.75, 3.05) is 52.6 Å². The van der Waals surface area contributed by atoms with Gasteiger partial charge >= 0.3 is 14.3 Å². The molecule has 0 amide bonds. The molecule has 1 saturated carbocycles. The summed E-state index contributed by atoms with van der Waals surface area (Å²) in [5.41, 5.74) is 0. The van der Waals surface area contributed by atoms with Gasteiger partial charge in [0.15, 0.2) is 0 Å². The van der Waals surface area contributed by atoms with Gasteiger partial charge in [0.2, 0.25) is 0 Å². The first kappa shape index (κ1) is 31.3. The summed E-state index contributed by atoms with van der Waals surface area (Å²) in [4.78, 5) is 0. The average Bonchev–Trinajstić information content (AvgIpc) is 2.63. The Kier molecular flexibility index (Phi) is 14.9. The van der Waals surface area contributed by atoms with Crippen molar-refractivity contribution in [1.29, 1.82) is 0 Å². The van der Waals surface area contributed by atoms with Crippen molar-refractivity contribution >= 4 is 42.3 Å². The highest BCUT2D eigenvalue weighted by Gasteiger charge is 2.31. The van der Waals surface area contributed by atoms with Crippen molar-refractivity contribution in [1.82, 2.24) is 5.09 Å². The molecule has 0 spiro atoms. The molecule has 0 saturated heterocycles. The molecule has 0 aromatic heterocycles. The zero-order chi connectivity index (χ0) is 26.7. The summed E-state index contributed by atoms with van der Waals surface area (Å²) < 4.78 is 82.6. The van der Waals surface area contributed by atoms with E-state index in [-0.39, 0.29) is 32.2 Å². The van der Waals surface area contributed by atoms with Gasteiger partial charge in [-0.3, -0.25) is 13.7 Å². The van der Waals surface area contributed by atoms with Gasteiger partial charge in [-0.1, -0.05) is 6.42 Å². The molecule has 8 atom stereocenters. The first-order valence-corrected chi connectivity index (χ1v) is 18.1. The predicted octanol–water partition coefficient (Wildman–Crippen LogP) is 5.24. The first-order chi connectivity index (χ1) is 16.2. The molecule has 1 N–H and O–H groups in total. The van der Waals surface area contributed by atoms with Crippen molar-refractivity contribution in [3.63, 3.8) is 0 Å². The number of ether oxygens (including phenoxy) is 3. The van der Waals surface area contributed by atoms with Gasteiger partial charge in [0, 0.05) is 19.8 Å². The van der Waals surface area contributed by atoms with Gasteiger partial charge < -0.3 is 32.3 Å². The number of methoxy groups -OCH3 is 1. The molecule has 1 rings (SSSR count). The Labute approximate surface area is 211 Å². The lowest BCUT2D eigenvalue weighted by Gasteiger charge is -2.30. The van der Waals surface area contributed by atoms with Crippen LogP contribution < -0.4 is 5.09 Å². The summed E-state index contributed by atoms with van der Waals surface area (Å²) in [5, 5.41) is 3.02. The van der Waals surface area contributed by atoms with Gasteiger partial charge in [-0.15, -0.1) is 9.24 Å². The van der Waals surface area contributed by atoms with Crippen LogP contribution in [-0.4, -0.2) is 77.0 Å². The molecule has 0 bridgehead atoms. The van der Waals surface area contributed by atoms with Crippen LogP contribution in [0.1, 0.15) is 41.4 Å². The van der Waals surface area contributed by atoms with Crippen LogP contribution in [0.2, 0.25) is 0 Å². The Bertz CT molecular complexity index is 763. The number of hydrogen-bond donors (Lipinski definition) is 1. The summed E-state index contributed by atoms with van der Waals surface area (Å²) in [6, 6.07) is 0.203. The fourth-order valence-corrected chi connectivity index (χ4v) is 8.16. The van der Waals surface area contributed by atoms with Crippen molar-refractivity contribution in [2.24, 2.45) is 0 Å². The molecular weight excluding hydrogens is 550 g/mol. The van der Waals surface area contributed by atoms with E-state index >= 15 is 0 Å². The SMILES string of the molecule is [3H]C(P)OP(=O)(COCC(C)OP(C)(=O)NC1CCC1)OC(C)COCP(=O)(Cl)OC(C)COC. The lowest BCUT2D eigenvalue weighted by Crippen LogP contribution is -2.34. The molecule has 0 heterocycles. The number of halogens is 1. The highest BCUT2D eigenvalue weighted by Crippen LogP contribution is 2.54. The standard InChI is InChI=1S/C18H40ClNO10P4/c1-15(9-24-4)29-33(19,22)13-25-11-17(3)30-34(23,27-12-31)14-26-10-16(2)28-32(5,21)20-18-7-6-8-18/h15-18H,6-14,31H2,1-5H3,(H,20,21)/i12T. The number of hydrogen-bond acceptors (Lipinski definition) is 10. The minimum absolute atomic E-state index is 0.0162. The molecule has 0 aliphatic heterocycles. The number of rotatable bonds is 20. The molecule has 0 aromatic rings. The highest BCUT2D eigenvalue weighted by atomic mass is 35.7. The van der Waals surface area contributed by atoms with E-state index in [0.717, 1.165) is 19.3 Å². The van der Waals surface area contributed by atoms with Crippen LogP contribution >= 0.6 is 42.3 Å². The maximum absolute atomic E-state index is 13.1. The van der Waals surface area contributed by atoms with Gasteiger partial charge in [-0.25, -0.2) is 5.09 Å². The van der Waals surface area contributed by atoms with Crippen LogP contribution in [0.3, 0.4) is 0 Å². The summed E-state index contributed by atoms with van der Waals surface area (Å²) in [5.74, 6) is 0. The van der Waals surface area contributed by atoms with Crippen LogP contribution in [0.25, 0.3) is 0 Å². The molecule has 16 heteroatoms. The molecule has 1 aliphatic rings. The summed E-state index contributed by atoms with van der Waals surface area (Å²) in [6.45, 7) is 2.97. The molecule has 34 heavy (non-hydrogen) atoms. The normalized spacial score (nSPS) is 24.0. The van der Waals surface area contributed by atoms with Gasteiger partial charge in [-0.05, 0) is 44.9 Å². The molecule has 204 valence electrons. The molecule has 8 unspecified atom stereocenters.